The molecule has 0 aliphatic rings. The first-order chi connectivity index (χ1) is 8.81. The number of ether oxygens (including phenoxy) is 1. The molecule has 0 saturated heterocycles. The van der Waals surface area contributed by atoms with E-state index in [2.05, 4.69) is 4.98 Å². The van der Waals surface area contributed by atoms with Crippen molar-refractivity contribution >= 4 is 23.4 Å². The Labute approximate surface area is 110 Å². The molecule has 3 nitrogen and oxygen atoms in total. The average Bonchev–Trinajstić information content (AvgIpc) is 2.86. The molecule has 0 atom stereocenters. The molecule has 1 aromatic carbocycles. The van der Waals surface area contributed by atoms with Crippen LogP contribution in [0.1, 0.15) is 11.8 Å². The van der Waals surface area contributed by atoms with Crippen molar-refractivity contribution in [1.29, 1.82) is 0 Å². The van der Waals surface area contributed by atoms with Gasteiger partial charge in [0.2, 0.25) is 0 Å². The van der Waals surface area contributed by atoms with Crippen LogP contribution in [0.5, 0.6) is 0 Å². The molecule has 2 aromatic rings. The highest BCUT2D eigenvalue weighted by Crippen LogP contribution is 2.26. The number of rotatable bonds is 4. The molecule has 2 rings (SSSR count). The van der Waals surface area contributed by atoms with Gasteiger partial charge in [0.1, 0.15) is 0 Å². The van der Waals surface area contributed by atoms with Crippen LogP contribution in [0.3, 0.4) is 0 Å². The summed E-state index contributed by atoms with van der Waals surface area (Å²) in [7, 11) is 0. The topological polar surface area (TPSA) is 39.2 Å². The first-order valence-electron chi connectivity index (χ1n) is 5.65. The first-order valence-corrected chi connectivity index (χ1v) is 6.53. The van der Waals surface area contributed by atoms with Crippen molar-refractivity contribution in [3.63, 3.8) is 0 Å². The van der Waals surface area contributed by atoms with Crippen LogP contribution in [-0.2, 0) is 9.53 Å². The monoisotopic (exact) mass is 259 g/mol. The van der Waals surface area contributed by atoms with E-state index in [1.165, 1.54) is 17.4 Å². The normalized spacial score (nSPS) is 10.7. The van der Waals surface area contributed by atoms with E-state index in [0.717, 1.165) is 16.1 Å². The van der Waals surface area contributed by atoms with Gasteiger partial charge in [-0.15, -0.1) is 11.3 Å². The van der Waals surface area contributed by atoms with Crippen LogP contribution in [0.25, 0.3) is 17.3 Å². The summed E-state index contributed by atoms with van der Waals surface area (Å²) in [5.41, 5.74) is 3.70. The van der Waals surface area contributed by atoms with Gasteiger partial charge >= 0.3 is 5.97 Å². The lowest BCUT2D eigenvalue weighted by molar-refractivity contribution is -0.137. The largest absolute Gasteiger partial charge is 0.463 e. The van der Waals surface area contributed by atoms with Gasteiger partial charge in [0, 0.05) is 11.6 Å². The van der Waals surface area contributed by atoms with Crippen molar-refractivity contribution in [3.8, 4) is 11.3 Å². The average molecular weight is 259 g/mol. The SMILES string of the molecule is CCOC(=O)/C=C/c1scnc1-c1ccccc1. The lowest BCUT2D eigenvalue weighted by atomic mass is 10.1. The van der Waals surface area contributed by atoms with Gasteiger partial charge in [-0.3, -0.25) is 0 Å². The first kappa shape index (κ1) is 12.5. The summed E-state index contributed by atoms with van der Waals surface area (Å²) in [5, 5.41) is 0. The molecule has 0 saturated carbocycles. The molecule has 0 unspecified atom stereocenters. The minimum Gasteiger partial charge on any atom is -0.463 e. The molecule has 0 spiro atoms. The lowest BCUT2D eigenvalue weighted by Gasteiger charge is -1.98. The van der Waals surface area contributed by atoms with E-state index in [1.54, 1.807) is 18.5 Å². The molecule has 0 aliphatic heterocycles. The fraction of sp³-hybridized carbons (Fsp3) is 0.143. The van der Waals surface area contributed by atoms with Crippen LogP contribution < -0.4 is 0 Å². The Kier molecular flexibility index (Phi) is 4.25. The maximum atomic E-state index is 11.3. The van der Waals surface area contributed by atoms with Crippen molar-refractivity contribution in [3.05, 3.63) is 46.8 Å². The van der Waals surface area contributed by atoms with Crippen LogP contribution >= 0.6 is 11.3 Å². The minimum absolute atomic E-state index is 0.329. The van der Waals surface area contributed by atoms with Crippen LogP contribution in [0.15, 0.2) is 41.9 Å². The van der Waals surface area contributed by atoms with Gasteiger partial charge in [-0.1, -0.05) is 30.3 Å². The summed E-state index contributed by atoms with van der Waals surface area (Å²) in [4.78, 5) is 16.5. The number of benzene rings is 1. The molecule has 1 heterocycles. The Morgan fingerprint density at radius 1 is 1.39 bits per heavy atom. The predicted molar refractivity (Wildman–Crippen MR) is 73.2 cm³/mol. The Morgan fingerprint density at radius 3 is 2.89 bits per heavy atom. The summed E-state index contributed by atoms with van der Waals surface area (Å²) >= 11 is 1.50. The number of carbonyl (C=O) groups is 1. The standard InChI is InChI=1S/C14H13NO2S/c1-2-17-13(16)9-8-12-14(15-10-18-12)11-6-4-3-5-7-11/h3-10H,2H2,1H3/b9-8+. The number of thiazole rings is 1. The number of aromatic nitrogens is 1. The highest BCUT2D eigenvalue weighted by atomic mass is 32.1. The smallest absolute Gasteiger partial charge is 0.330 e. The highest BCUT2D eigenvalue weighted by Gasteiger charge is 2.06. The quantitative estimate of drug-likeness (QED) is 0.624. The minimum atomic E-state index is -0.329. The van der Waals surface area contributed by atoms with Crippen molar-refractivity contribution in [2.24, 2.45) is 0 Å². The van der Waals surface area contributed by atoms with Gasteiger partial charge in [-0.05, 0) is 13.0 Å². The van der Waals surface area contributed by atoms with Crippen LogP contribution in [0.4, 0.5) is 0 Å². The van der Waals surface area contributed by atoms with E-state index >= 15 is 0 Å². The summed E-state index contributed by atoms with van der Waals surface area (Å²) in [6.07, 6.45) is 3.18. The van der Waals surface area contributed by atoms with Crippen LogP contribution in [0, 0.1) is 0 Å². The third-order valence-corrected chi connectivity index (χ3v) is 3.09. The maximum Gasteiger partial charge on any atom is 0.330 e. The fourth-order valence-corrected chi connectivity index (χ4v) is 2.22. The number of esters is 1. The van der Waals surface area contributed by atoms with Crippen LogP contribution in [-0.4, -0.2) is 17.6 Å². The molecule has 0 amide bonds. The van der Waals surface area contributed by atoms with Gasteiger partial charge in [-0.2, -0.15) is 0 Å². The molecular formula is C14H13NO2S. The second-order valence-corrected chi connectivity index (χ2v) is 4.40. The van der Waals surface area contributed by atoms with Crippen molar-refractivity contribution in [1.82, 2.24) is 4.98 Å². The van der Waals surface area contributed by atoms with Crippen molar-refractivity contribution < 1.29 is 9.53 Å². The van der Waals surface area contributed by atoms with E-state index in [0.29, 0.717) is 6.61 Å². The zero-order valence-corrected chi connectivity index (χ0v) is 10.8. The fourth-order valence-electron chi connectivity index (χ4n) is 1.52. The summed E-state index contributed by atoms with van der Waals surface area (Å²) in [6.45, 7) is 2.17. The van der Waals surface area contributed by atoms with Gasteiger partial charge in [0.25, 0.3) is 0 Å². The molecule has 0 radical (unpaired) electrons. The van der Waals surface area contributed by atoms with Crippen molar-refractivity contribution in [2.75, 3.05) is 6.61 Å². The van der Waals surface area contributed by atoms with E-state index in [1.807, 2.05) is 30.3 Å². The number of hydrogen-bond donors (Lipinski definition) is 0. The van der Waals surface area contributed by atoms with Gasteiger partial charge in [0.15, 0.2) is 0 Å². The molecule has 0 bridgehead atoms. The van der Waals surface area contributed by atoms with Crippen molar-refractivity contribution in [2.45, 2.75) is 6.92 Å². The molecule has 4 heteroatoms. The number of hydrogen-bond acceptors (Lipinski definition) is 4. The Balaban J connectivity index is 2.21. The van der Waals surface area contributed by atoms with Gasteiger partial charge in [-0.25, -0.2) is 9.78 Å². The van der Waals surface area contributed by atoms with Gasteiger partial charge in [0.05, 0.1) is 22.7 Å². The second kappa shape index (κ2) is 6.12. The molecule has 0 aliphatic carbocycles. The summed E-state index contributed by atoms with van der Waals surface area (Å²) in [6, 6.07) is 9.89. The highest BCUT2D eigenvalue weighted by molar-refractivity contribution is 7.11. The Morgan fingerprint density at radius 2 is 2.17 bits per heavy atom. The second-order valence-electron chi connectivity index (χ2n) is 3.52. The molecular weight excluding hydrogens is 246 g/mol. The van der Waals surface area contributed by atoms with E-state index in [-0.39, 0.29) is 5.97 Å². The Hall–Kier alpha value is -1.94. The molecule has 0 fully saturated rings. The molecule has 0 N–H and O–H groups in total. The zero-order valence-electron chi connectivity index (χ0n) is 10.00. The van der Waals surface area contributed by atoms with E-state index in [9.17, 15) is 4.79 Å². The Bertz CT molecular complexity index is 546. The lowest BCUT2D eigenvalue weighted by Crippen LogP contribution is -1.98. The van der Waals surface area contributed by atoms with Crippen LogP contribution in [0.2, 0.25) is 0 Å². The maximum absolute atomic E-state index is 11.3. The van der Waals surface area contributed by atoms with E-state index in [4.69, 9.17) is 4.74 Å². The predicted octanol–water partition coefficient (Wildman–Crippen LogP) is 3.39. The molecule has 92 valence electrons. The summed E-state index contributed by atoms with van der Waals surface area (Å²) in [5.74, 6) is -0.329. The number of carbonyl (C=O) groups excluding carboxylic acids is 1. The zero-order chi connectivity index (χ0) is 12.8. The number of nitrogens with zero attached hydrogens (tertiary/aromatic N) is 1. The third kappa shape index (κ3) is 3.05. The third-order valence-electron chi connectivity index (χ3n) is 2.30. The van der Waals surface area contributed by atoms with Gasteiger partial charge < -0.3 is 4.74 Å². The summed E-state index contributed by atoms with van der Waals surface area (Å²) < 4.78 is 4.84. The molecule has 18 heavy (non-hydrogen) atoms. The van der Waals surface area contributed by atoms with E-state index < -0.39 is 0 Å². The molecule has 1 aromatic heterocycles.